The van der Waals surface area contributed by atoms with Gasteiger partial charge in [0, 0.05) is 27.6 Å². The maximum Gasteiger partial charge on any atom is 0.244 e. The minimum atomic E-state index is -0.446. The zero-order chi connectivity index (χ0) is 24.0. The van der Waals surface area contributed by atoms with Crippen molar-refractivity contribution in [2.75, 3.05) is 0 Å². The van der Waals surface area contributed by atoms with Crippen LogP contribution in [0.15, 0.2) is 42.0 Å². The molecule has 168 valence electrons. The van der Waals surface area contributed by atoms with Crippen molar-refractivity contribution in [2.45, 2.75) is 54.6 Å². The van der Waals surface area contributed by atoms with Gasteiger partial charge in [0.05, 0.1) is 6.07 Å². The summed E-state index contributed by atoms with van der Waals surface area (Å²) >= 11 is 12.3. The number of nitriles is 1. The molecule has 0 radical (unpaired) electrons. The third-order valence-corrected chi connectivity index (χ3v) is 4.32. The maximum absolute atomic E-state index is 11.2. The fourth-order valence-corrected chi connectivity index (χ4v) is 2.50. The zero-order valence-electron chi connectivity index (χ0n) is 19.1. The van der Waals surface area contributed by atoms with Crippen molar-refractivity contribution in [3.63, 3.8) is 0 Å². The van der Waals surface area contributed by atoms with E-state index in [2.05, 4.69) is 20.8 Å². The van der Waals surface area contributed by atoms with Crippen LogP contribution in [0.4, 0.5) is 0 Å². The Morgan fingerprint density at radius 3 is 2.16 bits per heavy atom. The summed E-state index contributed by atoms with van der Waals surface area (Å²) in [6.07, 6.45) is 2.37. The van der Waals surface area contributed by atoms with Crippen molar-refractivity contribution in [1.29, 1.82) is 5.26 Å². The van der Waals surface area contributed by atoms with Crippen LogP contribution in [0.25, 0.3) is 6.08 Å². The summed E-state index contributed by atoms with van der Waals surface area (Å²) in [5.74, 6) is 1.05. The van der Waals surface area contributed by atoms with Gasteiger partial charge < -0.3 is 10.5 Å². The lowest BCUT2D eigenvalue weighted by molar-refractivity contribution is -0.114. The third kappa shape index (κ3) is 12.1. The third-order valence-electron chi connectivity index (χ3n) is 3.61. The number of rotatable bonds is 5. The second-order valence-corrected chi connectivity index (χ2v) is 8.26. The molecule has 0 bridgehead atoms. The van der Waals surface area contributed by atoms with E-state index in [4.69, 9.17) is 38.9 Å². The molecule has 31 heavy (non-hydrogen) atoms. The van der Waals surface area contributed by atoms with Crippen molar-refractivity contribution in [1.82, 2.24) is 0 Å². The van der Waals surface area contributed by atoms with Crippen LogP contribution in [0.5, 0.6) is 5.75 Å². The Balaban J connectivity index is 0.000000967. The molecule has 2 rings (SSSR count). The molecule has 2 N–H and O–H groups in total. The van der Waals surface area contributed by atoms with Crippen LogP contribution >= 0.6 is 23.2 Å². The fraction of sp³-hybridized carbons (Fsp3) is 0.360. The van der Waals surface area contributed by atoms with E-state index >= 15 is 0 Å². The Morgan fingerprint density at radius 1 is 1.19 bits per heavy atom. The molecule has 0 fully saturated rings. The lowest BCUT2D eigenvalue weighted by Gasteiger charge is -2.11. The van der Waals surface area contributed by atoms with E-state index in [0.29, 0.717) is 27.8 Å². The van der Waals surface area contributed by atoms with Gasteiger partial charge in [-0.25, -0.2) is 0 Å². The van der Waals surface area contributed by atoms with E-state index in [0.717, 1.165) is 22.6 Å². The van der Waals surface area contributed by atoms with Gasteiger partial charge in [-0.2, -0.15) is 5.26 Å². The van der Waals surface area contributed by atoms with Crippen LogP contribution in [0.1, 0.15) is 57.7 Å². The predicted octanol–water partition coefficient (Wildman–Crippen LogP) is 7.35. The molecule has 0 aliphatic rings. The molecule has 0 aliphatic heterocycles. The molecular formula is C25H32Cl2N2O2. The van der Waals surface area contributed by atoms with E-state index in [1.54, 1.807) is 31.2 Å². The van der Waals surface area contributed by atoms with Gasteiger partial charge in [-0.3, -0.25) is 4.79 Å². The monoisotopic (exact) mass is 462 g/mol. The number of nitrogens with zero attached hydrogens (tertiary/aromatic N) is 1. The molecule has 2 aromatic rings. The molecule has 0 spiro atoms. The Bertz CT molecular complexity index is 893. The van der Waals surface area contributed by atoms with E-state index in [9.17, 15) is 4.79 Å². The first-order valence-electron chi connectivity index (χ1n) is 10.0. The molecule has 4 nitrogen and oxygen atoms in total. The van der Waals surface area contributed by atoms with Gasteiger partial charge in [-0.05, 0) is 61.2 Å². The molecule has 0 aliphatic carbocycles. The zero-order valence-corrected chi connectivity index (χ0v) is 20.6. The number of amides is 1. The van der Waals surface area contributed by atoms with Crippen LogP contribution in [0, 0.1) is 24.2 Å². The number of halogens is 2. The second kappa shape index (κ2) is 15.3. The van der Waals surface area contributed by atoms with Gasteiger partial charge in [0.25, 0.3) is 0 Å². The molecule has 0 saturated heterocycles. The number of carbonyl (C=O) groups excluding carboxylic acids is 1. The average molecular weight is 463 g/mol. The molecule has 6 heteroatoms. The SMILES string of the molecule is C/C(=C\c1cc(OCc2c(Cl)cccc2Cl)ccc1C)C(N)=O.CC(C)C.CCC#N. The van der Waals surface area contributed by atoms with Crippen LogP contribution in [0.3, 0.4) is 0 Å². The van der Waals surface area contributed by atoms with Crippen LogP contribution in [0.2, 0.25) is 10.0 Å². The molecular weight excluding hydrogens is 431 g/mol. The summed E-state index contributed by atoms with van der Waals surface area (Å²) in [4.78, 5) is 11.2. The lowest BCUT2D eigenvalue weighted by Crippen LogP contribution is -2.11. The molecule has 1 amide bonds. The van der Waals surface area contributed by atoms with Crippen molar-refractivity contribution < 1.29 is 9.53 Å². The Kier molecular flexibility index (Phi) is 14.1. The molecule has 0 atom stereocenters. The number of hydrogen-bond acceptors (Lipinski definition) is 3. The van der Waals surface area contributed by atoms with Crippen LogP contribution in [-0.4, -0.2) is 5.91 Å². The highest BCUT2D eigenvalue weighted by Gasteiger charge is 2.07. The topological polar surface area (TPSA) is 76.1 Å². The van der Waals surface area contributed by atoms with E-state index in [1.165, 1.54) is 0 Å². The van der Waals surface area contributed by atoms with E-state index < -0.39 is 5.91 Å². The highest BCUT2D eigenvalue weighted by molar-refractivity contribution is 6.35. The van der Waals surface area contributed by atoms with Gasteiger partial charge in [-0.1, -0.05) is 63.0 Å². The van der Waals surface area contributed by atoms with Gasteiger partial charge in [-0.15, -0.1) is 0 Å². The van der Waals surface area contributed by atoms with Gasteiger partial charge >= 0.3 is 0 Å². The molecule has 0 heterocycles. The predicted molar refractivity (Wildman–Crippen MR) is 131 cm³/mol. The van der Waals surface area contributed by atoms with Gasteiger partial charge in [0.15, 0.2) is 0 Å². The normalized spacial score (nSPS) is 10.3. The first-order chi connectivity index (χ1) is 14.5. The number of primary amides is 1. The first kappa shape index (κ1) is 28.5. The van der Waals surface area contributed by atoms with E-state index in [-0.39, 0.29) is 6.61 Å². The van der Waals surface area contributed by atoms with Crippen molar-refractivity contribution in [3.05, 3.63) is 68.7 Å². The summed E-state index contributed by atoms with van der Waals surface area (Å²) in [6.45, 7) is 12.2. The summed E-state index contributed by atoms with van der Waals surface area (Å²) in [5, 5.41) is 8.75. The number of aryl methyl sites for hydroxylation is 1. The summed E-state index contributed by atoms with van der Waals surface area (Å²) in [5.41, 5.74) is 8.40. The highest BCUT2D eigenvalue weighted by Crippen LogP contribution is 2.27. The quantitative estimate of drug-likeness (QED) is 0.471. The number of carbonyl (C=O) groups is 1. The second-order valence-electron chi connectivity index (χ2n) is 7.44. The minimum Gasteiger partial charge on any atom is -0.489 e. The first-order valence-corrected chi connectivity index (χ1v) is 10.8. The molecule has 2 aromatic carbocycles. The number of ether oxygens (including phenoxy) is 1. The van der Waals surface area contributed by atoms with Gasteiger partial charge in [0.1, 0.15) is 12.4 Å². The minimum absolute atomic E-state index is 0.263. The largest absolute Gasteiger partial charge is 0.489 e. The highest BCUT2D eigenvalue weighted by atomic mass is 35.5. The maximum atomic E-state index is 11.2. The number of hydrogen-bond donors (Lipinski definition) is 1. The summed E-state index contributed by atoms with van der Waals surface area (Å²) in [6, 6.07) is 12.9. The Hall–Kier alpha value is -2.48. The standard InChI is InChI=1S/C18H17Cl2NO2.C4H10.C3H5N/c1-11-6-7-14(9-13(11)8-12(2)18(21)22)23-10-15-16(19)4-3-5-17(15)20;1-4(2)3;1-2-3-4/h3-9H,10H2,1-2H3,(H2,21,22);4H,1-3H3;2H2,1H3/b12-8+;;. The molecule has 0 aromatic heterocycles. The Morgan fingerprint density at radius 2 is 1.71 bits per heavy atom. The molecule has 0 saturated carbocycles. The van der Waals surface area contributed by atoms with Crippen molar-refractivity contribution in [3.8, 4) is 11.8 Å². The van der Waals surface area contributed by atoms with Crippen molar-refractivity contribution >= 4 is 35.2 Å². The average Bonchev–Trinajstić information content (AvgIpc) is 2.69. The fourth-order valence-electron chi connectivity index (χ4n) is 1.99. The smallest absolute Gasteiger partial charge is 0.244 e. The van der Waals surface area contributed by atoms with Crippen LogP contribution in [-0.2, 0) is 11.4 Å². The summed E-state index contributed by atoms with van der Waals surface area (Å²) < 4.78 is 5.78. The number of nitrogens with two attached hydrogens (primary N) is 1. The van der Waals surface area contributed by atoms with Gasteiger partial charge in [0.2, 0.25) is 5.91 Å². The summed E-state index contributed by atoms with van der Waals surface area (Å²) in [7, 11) is 0. The van der Waals surface area contributed by atoms with Crippen LogP contribution < -0.4 is 10.5 Å². The lowest BCUT2D eigenvalue weighted by atomic mass is 10.1. The van der Waals surface area contributed by atoms with E-state index in [1.807, 2.05) is 38.1 Å². The number of benzene rings is 2. The Labute approximate surface area is 196 Å². The van der Waals surface area contributed by atoms with Crippen molar-refractivity contribution in [2.24, 2.45) is 11.7 Å². The molecule has 0 unspecified atom stereocenters.